The van der Waals surface area contributed by atoms with Crippen molar-refractivity contribution >= 4 is 17.4 Å². The molecule has 0 spiro atoms. The van der Waals surface area contributed by atoms with Gasteiger partial charge in [0.05, 0.1) is 0 Å². The summed E-state index contributed by atoms with van der Waals surface area (Å²) in [5.74, 6) is 2.33. The van der Waals surface area contributed by atoms with Crippen LogP contribution in [0.5, 0.6) is 0 Å². The van der Waals surface area contributed by atoms with Gasteiger partial charge >= 0.3 is 0 Å². The Morgan fingerprint density at radius 2 is 2.12 bits per heavy atom. The van der Waals surface area contributed by atoms with Crippen molar-refractivity contribution in [2.24, 2.45) is 11.7 Å². The molecule has 88 valence electrons. The van der Waals surface area contributed by atoms with Gasteiger partial charge in [0, 0.05) is 19.2 Å². The van der Waals surface area contributed by atoms with Gasteiger partial charge in [-0.2, -0.15) is 0 Å². The van der Waals surface area contributed by atoms with Gasteiger partial charge in [-0.15, -0.1) is 0 Å². The fourth-order valence-corrected chi connectivity index (χ4v) is 2.30. The van der Waals surface area contributed by atoms with Crippen molar-refractivity contribution in [2.75, 3.05) is 24.5 Å². The number of hydrogen-bond acceptors (Lipinski definition) is 4. The van der Waals surface area contributed by atoms with E-state index in [0.717, 1.165) is 44.1 Å². The van der Waals surface area contributed by atoms with E-state index in [-0.39, 0.29) is 0 Å². The fraction of sp³-hybridized carbons (Fsp3) is 0.636. The number of rotatable bonds is 2. The highest BCUT2D eigenvalue weighted by molar-refractivity contribution is 6.29. The topological polar surface area (TPSA) is 55.0 Å². The number of anilines is 1. The van der Waals surface area contributed by atoms with Gasteiger partial charge in [0.1, 0.15) is 16.8 Å². The van der Waals surface area contributed by atoms with Crippen molar-refractivity contribution in [3.8, 4) is 0 Å². The van der Waals surface area contributed by atoms with E-state index in [0.29, 0.717) is 11.1 Å². The minimum atomic E-state index is 0.517. The van der Waals surface area contributed by atoms with Crippen LogP contribution in [0.25, 0.3) is 0 Å². The zero-order valence-corrected chi connectivity index (χ0v) is 10.2. The Morgan fingerprint density at radius 3 is 2.69 bits per heavy atom. The van der Waals surface area contributed by atoms with Crippen LogP contribution in [-0.2, 0) is 0 Å². The first-order valence-electron chi connectivity index (χ1n) is 5.65. The second-order valence-electron chi connectivity index (χ2n) is 4.26. The summed E-state index contributed by atoms with van der Waals surface area (Å²) >= 11 is 5.93. The molecule has 16 heavy (non-hydrogen) atoms. The van der Waals surface area contributed by atoms with Gasteiger partial charge in [-0.3, -0.25) is 0 Å². The predicted octanol–water partition coefficient (Wildman–Crippen LogP) is 1.61. The third-order valence-electron chi connectivity index (χ3n) is 3.07. The Kier molecular flexibility index (Phi) is 3.61. The molecule has 2 heterocycles. The van der Waals surface area contributed by atoms with E-state index in [4.69, 9.17) is 17.3 Å². The minimum absolute atomic E-state index is 0.517. The summed E-state index contributed by atoms with van der Waals surface area (Å²) in [7, 11) is 0. The van der Waals surface area contributed by atoms with Crippen LogP contribution < -0.4 is 10.6 Å². The normalized spacial score (nSPS) is 17.8. The first-order chi connectivity index (χ1) is 7.69. The Hall–Kier alpha value is -0.870. The van der Waals surface area contributed by atoms with Crippen molar-refractivity contribution in [2.45, 2.75) is 19.8 Å². The molecule has 1 aliphatic heterocycles. The van der Waals surface area contributed by atoms with E-state index in [1.807, 2.05) is 13.0 Å². The number of nitrogens with zero attached hydrogens (tertiary/aromatic N) is 3. The highest BCUT2D eigenvalue weighted by atomic mass is 35.5. The lowest BCUT2D eigenvalue weighted by Gasteiger charge is -2.32. The minimum Gasteiger partial charge on any atom is -0.356 e. The summed E-state index contributed by atoms with van der Waals surface area (Å²) < 4.78 is 0. The smallest absolute Gasteiger partial charge is 0.134 e. The average Bonchev–Trinajstić information content (AvgIpc) is 2.28. The maximum absolute atomic E-state index is 5.93. The molecule has 1 aromatic heterocycles. The Bertz CT molecular complexity index is 341. The molecule has 0 amide bonds. The lowest BCUT2D eigenvalue weighted by atomic mass is 9.97. The molecule has 2 rings (SSSR count). The largest absolute Gasteiger partial charge is 0.356 e. The van der Waals surface area contributed by atoms with Crippen LogP contribution in [-0.4, -0.2) is 29.6 Å². The third kappa shape index (κ3) is 2.62. The van der Waals surface area contributed by atoms with Crippen molar-refractivity contribution in [3.63, 3.8) is 0 Å². The van der Waals surface area contributed by atoms with Crippen LogP contribution in [0.2, 0.25) is 5.15 Å². The van der Waals surface area contributed by atoms with Crippen LogP contribution in [0.3, 0.4) is 0 Å². The molecular weight excluding hydrogens is 224 g/mol. The number of hydrogen-bond donors (Lipinski definition) is 1. The Labute approximate surface area is 101 Å². The summed E-state index contributed by atoms with van der Waals surface area (Å²) in [5, 5.41) is 0.517. The number of aryl methyl sites for hydroxylation is 1. The first kappa shape index (κ1) is 11.6. The molecule has 1 aliphatic rings. The van der Waals surface area contributed by atoms with Gasteiger partial charge in [-0.1, -0.05) is 11.6 Å². The van der Waals surface area contributed by atoms with E-state index in [9.17, 15) is 0 Å². The molecule has 1 aromatic rings. The number of piperidine rings is 1. The van der Waals surface area contributed by atoms with Crippen LogP contribution in [0.1, 0.15) is 18.7 Å². The quantitative estimate of drug-likeness (QED) is 0.799. The molecule has 0 unspecified atom stereocenters. The van der Waals surface area contributed by atoms with Crippen molar-refractivity contribution < 1.29 is 0 Å². The zero-order chi connectivity index (χ0) is 11.5. The summed E-state index contributed by atoms with van der Waals surface area (Å²) in [6.45, 7) is 4.67. The van der Waals surface area contributed by atoms with Gasteiger partial charge in [0.25, 0.3) is 0 Å². The maximum atomic E-state index is 5.93. The molecule has 0 aliphatic carbocycles. The van der Waals surface area contributed by atoms with Gasteiger partial charge in [-0.25, -0.2) is 9.97 Å². The van der Waals surface area contributed by atoms with Crippen molar-refractivity contribution in [1.82, 2.24) is 9.97 Å². The molecule has 0 saturated carbocycles. The SMILES string of the molecule is Cc1nc(Cl)cc(N2CCC(CN)CC2)n1. The van der Waals surface area contributed by atoms with E-state index in [2.05, 4.69) is 14.9 Å². The van der Waals surface area contributed by atoms with Crippen LogP contribution in [0, 0.1) is 12.8 Å². The van der Waals surface area contributed by atoms with Crippen molar-refractivity contribution in [3.05, 3.63) is 17.0 Å². The number of halogens is 1. The van der Waals surface area contributed by atoms with Gasteiger partial charge in [0.15, 0.2) is 0 Å². The molecule has 0 aromatic carbocycles. The van der Waals surface area contributed by atoms with Crippen molar-refractivity contribution in [1.29, 1.82) is 0 Å². The lowest BCUT2D eigenvalue weighted by molar-refractivity contribution is 0.413. The fourth-order valence-electron chi connectivity index (χ4n) is 2.08. The first-order valence-corrected chi connectivity index (χ1v) is 6.03. The summed E-state index contributed by atoms with van der Waals surface area (Å²) in [6.07, 6.45) is 2.27. The van der Waals surface area contributed by atoms with E-state index < -0.39 is 0 Å². The molecular formula is C11H17ClN4. The Morgan fingerprint density at radius 1 is 1.44 bits per heavy atom. The van der Waals surface area contributed by atoms with E-state index in [1.165, 1.54) is 0 Å². The second-order valence-corrected chi connectivity index (χ2v) is 4.65. The predicted molar refractivity (Wildman–Crippen MR) is 65.8 cm³/mol. The van der Waals surface area contributed by atoms with Crippen LogP contribution in [0.4, 0.5) is 5.82 Å². The molecule has 0 atom stereocenters. The number of aromatic nitrogens is 2. The van der Waals surface area contributed by atoms with E-state index in [1.54, 1.807) is 0 Å². The average molecular weight is 241 g/mol. The maximum Gasteiger partial charge on any atom is 0.134 e. The summed E-state index contributed by atoms with van der Waals surface area (Å²) in [6, 6.07) is 1.83. The van der Waals surface area contributed by atoms with Gasteiger partial charge in [-0.05, 0) is 32.2 Å². The van der Waals surface area contributed by atoms with E-state index >= 15 is 0 Å². The summed E-state index contributed by atoms with van der Waals surface area (Å²) in [4.78, 5) is 10.7. The molecule has 2 N–H and O–H groups in total. The highest BCUT2D eigenvalue weighted by Crippen LogP contribution is 2.22. The molecule has 4 nitrogen and oxygen atoms in total. The van der Waals surface area contributed by atoms with Gasteiger partial charge < -0.3 is 10.6 Å². The standard InChI is InChI=1S/C11H17ClN4/c1-8-14-10(12)6-11(15-8)16-4-2-9(7-13)3-5-16/h6,9H,2-5,7,13H2,1H3. The second kappa shape index (κ2) is 4.97. The molecule has 5 heteroatoms. The zero-order valence-electron chi connectivity index (χ0n) is 9.49. The molecule has 1 saturated heterocycles. The number of nitrogens with two attached hydrogens (primary N) is 1. The molecule has 0 bridgehead atoms. The Balaban J connectivity index is 2.08. The van der Waals surface area contributed by atoms with Crippen LogP contribution in [0.15, 0.2) is 6.07 Å². The monoisotopic (exact) mass is 240 g/mol. The third-order valence-corrected chi connectivity index (χ3v) is 3.26. The molecule has 0 radical (unpaired) electrons. The lowest BCUT2D eigenvalue weighted by Crippen LogP contribution is -2.36. The highest BCUT2D eigenvalue weighted by Gasteiger charge is 2.19. The summed E-state index contributed by atoms with van der Waals surface area (Å²) in [5.41, 5.74) is 5.67. The molecule has 1 fully saturated rings. The van der Waals surface area contributed by atoms with Crippen LogP contribution >= 0.6 is 11.6 Å². The van der Waals surface area contributed by atoms with Gasteiger partial charge in [0.2, 0.25) is 0 Å².